The molecule has 0 amide bonds. The molecule has 10 aromatic rings. The number of aromatic nitrogens is 8. The number of rotatable bonds is 3. The Balaban J connectivity index is 0.000000177. The summed E-state index contributed by atoms with van der Waals surface area (Å²) >= 11 is 0. The highest BCUT2D eigenvalue weighted by Crippen LogP contribution is 2.36. The number of hydrogen-bond donors (Lipinski definition) is 0. The fourth-order valence-electron chi connectivity index (χ4n) is 6.93. The van der Waals surface area contributed by atoms with Gasteiger partial charge in [-0.25, -0.2) is 48.7 Å². The van der Waals surface area contributed by atoms with E-state index in [1.807, 2.05) is 137 Å². The molecular formula is C60H48F8N10. The summed E-state index contributed by atoms with van der Waals surface area (Å²) in [5.74, 6) is 2.68. The third-order valence-electron chi connectivity index (χ3n) is 10.3. The molecule has 3 aromatic heterocycles. The molecule has 18 heteroatoms. The van der Waals surface area contributed by atoms with Gasteiger partial charge < -0.3 is 0 Å². The molecule has 0 atom stereocenters. The third kappa shape index (κ3) is 19.2. The normalized spacial score (nSPS) is 10.4. The highest BCUT2D eigenvalue weighted by atomic mass is 19.4. The van der Waals surface area contributed by atoms with E-state index >= 15 is 0 Å². The van der Waals surface area contributed by atoms with Crippen molar-refractivity contribution in [1.29, 1.82) is 10.5 Å². The lowest BCUT2D eigenvalue weighted by molar-refractivity contribution is -0.143. The Morgan fingerprint density at radius 2 is 0.808 bits per heavy atom. The van der Waals surface area contributed by atoms with Crippen molar-refractivity contribution in [3.63, 3.8) is 0 Å². The monoisotopic (exact) mass is 1060 g/mol. The average molecular weight is 1060 g/mol. The van der Waals surface area contributed by atoms with E-state index in [4.69, 9.17) is 10.5 Å². The highest BCUT2D eigenvalue weighted by molar-refractivity contribution is 5.92. The Morgan fingerprint density at radius 3 is 1.23 bits per heavy atom. The molecule has 3 heterocycles. The number of alkyl halides is 6. The first-order chi connectivity index (χ1) is 37.1. The minimum atomic E-state index is -4.76. The predicted octanol–water partition coefficient (Wildman–Crippen LogP) is 15.3. The van der Waals surface area contributed by atoms with Gasteiger partial charge in [0.2, 0.25) is 0 Å². The van der Waals surface area contributed by atoms with Crippen LogP contribution in [0.3, 0.4) is 0 Å². The minimum absolute atomic E-state index is 0.0721. The van der Waals surface area contributed by atoms with Crippen LogP contribution < -0.4 is 0 Å². The van der Waals surface area contributed by atoms with Crippen LogP contribution in [0, 0.1) is 75.8 Å². The van der Waals surface area contributed by atoms with Crippen molar-refractivity contribution < 1.29 is 35.1 Å². The van der Waals surface area contributed by atoms with Gasteiger partial charge in [0.15, 0.2) is 11.6 Å². The summed E-state index contributed by atoms with van der Waals surface area (Å²) < 4.78 is 97.4. The number of fused-ring (bicyclic) bond motifs is 1. The van der Waals surface area contributed by atoms with Crippen molar-refractivity contribution in [2.75, 3.05) is 0 Å². The predicted molar refractivity (Wildman–Crippen MR) is 283 cm³/mol. The fourth-order valence-corrected chi connectivity index (χ4v) is 6.93. The molecular weight excluding hydrogens is 1010 g/mol. The van der Waals surface area contributed by atoms with Gasteiger partial charge >= 0.3 is 12.4 Å². The van der Waals surface area contributed by atoms with E-state index in [0.717, 1.165) is 62.4 Å². The molecule has 0 fully saturated rings. The molecule has 10 rings (SSSR count). The number of nitriles is 2. The van der Waals surface area contributed by atoms with Crippen molar-refractivity contribution in [2.24, 2.45) is 0 Å². The molecule has 394 valence electrons. The average Bonchev–Trinajstić information content (AvgIpc) is 3.50. The van der Waals surface area contributed by atoms with Crippen LogP contribution in [0.15, 0.2) is 183 Å². The van der Waals surface area contributed by atoms with E-state index in [1.165, 1.54) is 31.7 Å². The molecule has 0 spiro atoms. The Kier molecular flexibility index (Phi) is 21.5. The van der Waals surface area contributed by atoms with Gasteiger partial charge in [-0.2, -0.15) is 36.9 Å². The lowest BCUT2D eigenvalue weighted by atomic mass is 10.1. The Morgan fingerprint density at radius 1 is 0.397 bits per heavy atom. The van der Waals surface area contributed by atoms with Gasteiger partial charge in [-0.15, -0.1) is 0 Å². The standard InChI is InChI=1S/C16H13N3.C15H12N2.C9H6F6.C9H6N2.C7H6F2.C4H5N3/c1-12-17-15(13-8-4-2-5-9-13)19-16(18-12)14-10-6-3-7-11-14;1-11-16-14-10-6-5-9-13(14)15(17-11)12-7-3-2-4-8-12;1-5-2-6(8(10,11)12)4-7(3-5)9(13,14)15;1-7-2-8(5-10)4-9(3-7)6-11;1-5-2-6(8)4-7(9)3-5;1-4-6-2-5-3-7-4/h2-11H,1H3;2-10H,1H3;2-4H,1H3;2-4H,1H3;2-4H,1H3;2-3H,1H3. The maximum Gasteiger partial charge on any atom is 0.416 e. The zero-order chi connectivity index (χ0) is 56.8. The second kappa shape index (κ2) is 28.3. The minimum Gasteiger partial charge on any atom is -0.233 e. The molecule has 10 nitrogen and oxygen atoms in total. The zero-order valence-electron chi connectivity index (χ0n) is 42.8. The van der Waals surface area contributed by atoms with Gasteiger partial charge in [0.25, 0.3) is 0 Å². The summed E-state index contributed by atoms with van der Waals surface area (Å²) in [4.78, 5) is 33.5. The van der Waals surface area contributed by atoms with Crippen molar-refractivity contribution in [2.45, 2.75) is 53.9 Å². The summed E-state index contributed by atoms with van der Waals surface area (Å²) in [6.07, 6.45) is -6.57. The summed E-state index contributed by atoms with van der Waals surface area (Å²) in [5, 5.41) is 18.1. The number of para-hydroxylation sites is 1. The zero-order valence-corrected chi connectivity index (χ0v) is 42.8. The second-order valence-electron chi connectivity index (χ2n) is 16.8. The van der Waals surface area contributed by atoms with E-state index in [0.29, 0.717) is 40.5 Å². The molecule has 0 aliphatic carbocycles. The van der Waals surface area contributed by atoms with Gasteiger partial charge in [-0.05, 0) is 113 Å². The van der Waals surface area contributed by atoms with E-state index in [1.54, 1.807) is 25.1 Å². The quantitative estimate of drug-likeness (QED) is 0.156. The lowest BCUT2D eigenvalue weighted by Crippen LogP contribution is -2.11. The molecule has 0 unspecified atom stereocenters. The van der Waals surface area contributed by atoms with E-state index in [9.17, 15) is 35.1 Å². The Bertz CT molecular complexity index is 3440. The summed E-state index contributed by atoms with van der Waals surface area (Å²) in [6, 6.07) is 52.2. The van der Waals surface area contributed by atoms with Gasteiger partial charge in [0.05, 0.1) is 45.6 Å². The maximum absolute atomic E-state index is 12.2. The molecule has 7 aromatic carbocycles. The summed E-state index contributed by atoms with van der Waals surface area (Å²) in [6.45, 7) is 10.3. The maximum atomic E-state index is 12.2. The van der Waals surface area contributed by atoms with Gasteiger partial charge in [0.1, 0.15) is 41.8 Å². The largest absolute Gasteiger partial charge is 0.416 e. The fraction of sp³-hybridized carbons (Fsp3) is 0.133. The smallest absolute Gasteiger partial charge is 0.233 e. The molecule has 0 saturated heterocycles. The highest BCUT2D eigenvalue weighted by Gasteiger charge is 2.36. The van der Waals surface area contributed by atoms with Crippen LogP contribution in [0.25, 0.3) is 44.9 Å². The molecule has 0 aliphatic heterocycles. The van der Waals surface area contributed by atoms with Gasteiger partial charge in [0, 0.05) is 28.1 Å². The third-order valence-corrected chi connectivity index (χ3v) is 10.3. The number of benzene rings is 7. The van der Waals surface area contributed by atoms with E-state index in [2.05, 4.69) is 58.1 Å². The SMILES string of the molecule is Cc1cc(C#N)cc(C#N)c1.Cc1cc(C(F)(F)F)cc(C(F)(F)F)c1.Cc1cc(F)cc(F)c1.Cc1nc(-c2ccccc2)c2ccccc2n1.Cc1nc(-c2ccccc2)nc(-c2ccccc2)n1.Cc1ncncn1. The van der Waals surface area contributed by atoms with Crippen molar-refractivity contribution in [1.82, 2.24) is 39.9 Å². The molecule has 78 heavy (non-hydrogen) atoms. The van der Waals surface area contributed by atoms with E-state index in [-0.39, 0.29) is 11.6 Å². The first-order valence-electron chi connectivity index (χ1n) is 23.4. The molecule has 0 saturated carbocycles. The Hall–Kier alpha value is -9.68. The number of aryl methyl sites for hydroxylation is 6. The number of nitrogens with zero attached hydrogens (tertiary/aromatic N) is 10. The van der Waals surface area contributed by atoms with Crippen LogP contribution in [0.1, 0.15) is 56.4 Å². The molecule has 0 bridgehead atoms. The molecule has 0 aliphatic rings. The molecule has 0 radical (unpaired) electrons. The van der Waals surface area contributed by atoms with Crippen LogP contribution >= 0.6 is 0 Å². The van der Waals surface area contributed by atoms with Crippen molar-refractivity contribution in [3.8, 4) is 46.2 Å². The van der Waals surface area contributed by atoms with Crippen molar-refractivity contribution >= 4 is 10.9 Å². The molecule has 0 N–H and O–H groups in total. The van der Waals surface area contributed by atoms with Crippen LogP contribution in [0.5, 0.6) is 0 Å². The van der Waals surface area contributed by atoms with Crippen molar-refractivity contribution in [3.05, 3.63) is 251 Å². The summed E-state index contributed by atoms with van der Waals surface area (Å²) in [5.41, 5.74) is 5.15. The van der Waals surface area contributed by atoms with Gasteiger partial charge in [-0.1, -0.05) is 109 Å². The lowest BCUT2D eigenvalue weighted by Gasteiger charge is -2.12. The van der Waals surface area contributed by atoms with Crippen LogP contribution in [0.2, 0.25) is 0 Å². The second-order valence-corrected chi connectivity index (χ2v) is 16.8. The van der Waals surface area contributed by atoms with E-state index < -0.39 is 35.1 Å². The first-order valence-corrected chi connectivity index (χ1v) is 23.4. The number of hydrogen-bond acceptors (Lipinski definition) is 10. The Labute approximate surface area is 445 Å². The topological polar surface area (TPSA) is 151 Å². The van der Waals surface area contributed by atoms with Crippen LogP contribution in [-0.2, 0) is 12.4 Å². The van der Waals surface area contributed by atoms with Crippen LogP contribution in [-0.4, -0.2) is 39.9 Å². The first kappa shape index (κ1) is 59.2. The number of halogens is 8. The van der Waals surface area contributed by atoms with Crippen LogP contribution in [0.4, 0.5) is 35.1 Å². The van der Waals surface area contributed by atoms with Gasteiger partial charge in [-0.3, -0.25) is 0 Å². The summed E-state index contributed by atoms with van der Waals surface area (Å²) in [7, 11) is 0.